The fourth-order valence-electron chi connectivity index (χ4n) is 1.31. The van der Waals surface area contributed by atoms with Crippen LogP contribution in [0.1, 0.15) is 5.56 Å². The van der Waals surface area contributed by atoms with Gasteiger partial charge in [-0.1, -0.05) is 17.8 Å². The maximum Gasteiger partial charge on any atom is 0.187 e. The van der Waals surface area contributed by atoms with Gasteiger partial charge in [0.15, 0.2) is 5.16 Å². The molecule has 0 aliphatic carbocycles. The first-order valence-corrected chi connectivity index (χ1v) is 6.43. The second-order valence-corrected chi connectivity index (χ2v) is 4.48. The number of nitrogens with zero attached hydrogens (tertiary/aromatic N) is 3. The lowest BCUT2D eigenvalue weighted by Crippen LogP contribution is -2.16. The minimum atomic E-state index is 0.829. The van der Waals surface area contributed by atoms with Gasteiger partial charge in [-0.3, -0.25) is 4.98 Å². The summed E-state index contributed by atoms with van der Waals surface area (Å²) < 4.78 is 0. The molecule has 4 nitrogen and oxygen atoms in total. The monoisotopic (exact) mass is 246 g/mol. The van der Waals surface area contributed by atoms with Crippen molar-refractivity contribution < 1.29 is 0 Å². The second kappa shape index (κ2) is 6.98. The number of aromatic nitrogens is 3. The Morgan fingerprint density at radius 3 is 2.76 bits per heavy atom. The highest BCUT2D eigenvalue weighted by Crippen LogP contribution is 2.09. The van der Waals surface area contributed by atoms with E-state index in [-0.39, 0.29) is 0 Å². The minimum Gasteiger partial charge on any atom is -0.312 e. The van der Waals surface area contributed by atoms with Crippen molar-refractivity contribution in [1.82, 2.24) is 20.3 Å². The predicted octanol–water partition coefficient (Wildman–Crippen LogP) is 1.75. The van der Waals surface area contributed by atoms with E-state index in [1.54, 1.807) is 30.4 Å². The van der Waals surface area contributed by atoms with E-state index in [4.69, 9.17) is 0 Å². The molecule has 0 spiro atoms. The van der Waals surface area contributed by atoms with Crippen molar-refractivity contribution in [2.24, 2.45) is 0 Å². The molecule has 1 N–H and O–H groups in total. The quantitative estimate of drug-likeness (QED) is 0.478. The number of nitrogens with one attached hydrogen (secondary N) is 1. The summed E-state index contributed by atoms with van der Waals surface area (Å²) in [4.78, 5) is 12.4. The van der Waals surface area contributed by atoms with Crippen molar-refractivity contribution in [3.8, 4) is 0 Å². The Bertz CT molecular complexity index is 380. The second-order valence-electron chi connectivity index (χ2n) is 3.42. The Balaban J connectivity index is 1.61. The van der Waals surface area contributed by atoms with Gasteiger partial charge in [-0.2, -0.15) is 0 Å². The van der Waals surface area contributed by atoms with Crippen molar-refractivity contribution in [3.05, 3.63) is 48.5 Å². The van der Waals surface area contributed by atoms with Crippen LogP contribution in [0.2, 0.25) is 0 Å². The van der Waals surface area contributed by atoms with Gasteiger partial charge >= 0.3 is 0 Å². The fraction of sp³-hybridized carbons (Fsp3) is 0.250. The first-order chi connectivity index (χ1) is 8.45. The molecule has 17 heavy (non-hydrogen) atoms. The molecule has 0 atom stereocenters. The SMILES string of the molecule is c1cnc(SCCNCc2cccnc2)nc1. The summed E-state index contributed by atoms with van der Waals surface area (Å²) in [5.74, 6) is 0.963. The van der Waals surface area contributed by atoms with Crippen molar-refractivity contribution >= 4 is 11.8 Å². The van der Waals surface area contributed by atoms with Crippen molar-refractivity contribution in [2.75, 3.05) is 12.3 Å². The standard InChI is InChI=1S/C12H14N4S/c1-3-11(9-13-4-1)10-14-7-8-17-12-15-5-2-6-16-12/h1-6,9,14H,7-8,10H2. The number of hydrogen-bond acceptors (Lipinski definition) is 5. The van der Waals surface area contributed by atoms with Crippen molar-refractivity contribution in [1.29, 1.82) is 0 Å². The Labute approximate surface area is 105 Å². The van der Waals surface area contributed by atoms with Gasteiger partial charge in [0.1, 0.15) is 0 Å². The van der Waals surface area contributed by atoms with E-state index in [2.05, 4.69) is 26.3 Å². The van der Waals surface area contributed by atoms with E-state index in [1.165, 1.54) is 5.56 Å². The van der Waals surface area contributed by atoms with E-state index >= 15 is 0 Å². The van der Waals surface area contributed by atoms with Crippen LogP contribution >= 0.6 is 11.8 Å². The molecule has 88 valence electrons. The number of pyridine rings is 1. The normalized spacial score (nSPS) is 10.4. The Kier molecular flexibility index (Phi) is 4.93. The Hall–Kier alpha value is -1.46. The zero-order valence-electron chi connectivity index (χ0n) is 9.41. The van der Waals surface area contributed by atoms with Gasteiger partial charge in [0.2, 0.25) is 0 Å². The van der Waals surface area contributed by atoms with Crippen LogP contribution in [-0.2, 0) is 6.54 Å². The van der Waals surface area contributed by atoms with Gasteiger partial charge in [-0.05, 0) is 17.7 Å². The first-order valence-electron chi connectivity index (χ1n) is 5.44. The molecule has 2 aromatic rings. The molecule has 0 aliphatic heterocycles. The minimum absolute atomic E-state index is 0.829. The summed E-state index contributed by atoms with van der Waals surface area (Å²) in [7, 11) is 0. The summed E-state index contributed by atoms with van der Waals surface area (Å²) in [6.07, 6.45) is 7.18. The topological polar surface area (TPSA) is 50.7 Å². The van der Waals surface area contributed by atoms with Crippen LogP contribution in [0.25, 0.3) is 0 Å². The summed E-state index contributed by atoms with van der Waals surface area (Å²) in [5, 5.41) is 4.18. The van der Waals surface area contributed by atoms with Gasteiger partial charge in [-0.25, -0.2) is 9.97 Å². The Morgan fingerprint density at radius 2 is 2.00 bits per heavy atom. The molecular weight excluding hydrogens is 232 g/mol. The third kappa shape index (κ3) is 4.50. The molecule has 0 radical (unpaired) electrons. The van der Waals surface area contributed by atoms with Gasteiger partial charge in [0.25, 0.3) is 0 Å². The van der Waals surface area contributed by atoms with E-state index in [0.717, 1.165) is 24.0 Å². The zero-order chi connectivity index (χ0) is 11.8. The van der Waals surface area contributed by atoms with Crippen LogP contribution < -0.4 is 5.32 Å². The van der Waals surface area contributed by atoms with E-state index < -0.39 is 0 Å². The largest absolute Gasteiger partial charge is 0.312 e. The molecule has 0 saturated carbocycles. The van der Waals surface area contributed by atoms with E-state index in [1.807, 2.05) is 18.3 Å². The summed E-state index contributed by atoms with van der Waals surface area (Å²) in [6.45, 7) is 1.78. The van der Waals surface area contributed by atoms with Gasteiger partial charge < -0.3 is 5.32 Å². The molecule has 0 fully saturated rings. The van der Waals surface area contributed by atoms with E-state index in [0.29, 0.717) is 0 Å². The molecule has 5 heteroatoms. The van der Waals surface area contributed by atoms with Gasteiger partial charge in [0.05, 0.1) is 0 Å². The van der Waals surface area contributed by atoms with Crippen molar-refractivity contribution in [2.45, 2.75) is 11.7 Å². The third-order valence-corrected chi connectivity index (χ3v) is 2.98. The molecule has 2 rings (SSSR count). The first kappa shape index (κ1) is 12.0. The van der Waals surface area contributed by atoms with Crippen LogP contribution in [0, 0.1) is 0 Å². The van der Waals surface area contributed by atoms with Crippen molar-refractivity contribution in [3.63, 3.8) is 0 Å². The lowest BCUT2D eigenvalue weighted by atomic mass is 10.3. The lowest BCUT2D eigenvalue weighted by Gasteiger charge is -2.03. The molecule has 0 aromatic carbocycles. The molecular formula is C12H14N4S. The van der Waals surface area contributed by atoms with Crippen LogP contribution in [0.4, 0.5) is 0 Å². The highest BCUT2D eigenvalue weighted by atomic mass is 32.2. The molecule has 2 aromatic heterocycles. The van der Waals surface area contributed by atoms with Gasteiger partial charge in [-0.15, -0.1) is 0 Å². The van der Waals surface area contributed by atoms with Crippen LogP contribution in [-0.4, -0.2) is 27.2 Å². The molecule has 0 aliphatic rings. The Morgan fingerprint density at radius 1 is 1.12 bits per heavy atom. The molecule has 0 bridgehead atoms. The summed E-state index contributed by atoms with van der Waals surface area (Å²) in [6, 6.07) is 5.84. The maximum absolute atomic E-state index is 4.15. The van der Waals surface area contributed by atoms with E-state index in [9.17, 15) is 0 Å². The average Bonchev–Trinajstić information content (AvgIpc) is 2.41. The van der Waals surface area contributed by atoms with Crippen LogP contribution in [0.15, 0.2) is 48.1 Å². The lowest BCUT2D eigenvalue weighted by molar-refractivity contribution is 0.728. The smallest absolute Gasteiger partial charge is 0.187 e. The van der Waals surface area contributed by atoms with Crippen LogP contribution in [0.3, 0.4) is 0 Å². The molecule has 0 unspecified atom stereocenters. The average molecular weight is 246 g/mol. The number of thioether (sulfide) groups is 1. The highest BCUT2D eigenvalue weighted by Gasteiger charge is 1.95. The fourth-order valence-corrected chi connectivity index (χ4v) is 2.01. The predicted molar refractivity (Wildman–Crippen MR) is 68.7 cm³/mol. The van der Waals surface area contributed by atoms with Crippen LogP contribution in [0.5, 0.6) is 0 Å². The molecule has 0 amide bonds. The number of hydrogen-bond donors (Lipinski definition) is 1. The molecule has 2 heterocycles. The zero-order valence-corrected chi connectivity index (χ0v) is 10.2. The maximum atomic E-state index is 4.15. The third-order valence-electron chi connectivity index (χ3n) is 2.10. The number of rotatable bonds is 6. The summed E-state index contributed by atoms with van der Waals surface area (Å²) >= 11 is 1.66. The molecule has 0 saturated heterocycles. The summed E-state index contributed by atoms with van der Waals surface area (Å²) in [5.41, 5.74) is 1.20. The highest BCUT2D eigenvalue weighted by molar-refractivity contribution is 7.99. The van der Waals surface area contributed by atoms with Gasteiger partial charge in [0, 0.05) is 43.6 Å².